The van der Waals surface area contributed by atoms with Gasteiger partial charge in [0.2, 0.25) is 0 Å². The van der Waals surface area contributed by atoms with E-state index in [0.29, 0.717) is 38.9 Å². The van der Waals surface area contributed by atoms with E-state index in [1.165, 1.54) is 12.1 Å². The van der Waals surface area contributed by atoms with Crippen molar-refractivity contribution in [2.45, 2.75) is 30.8 Å². The molecular formula is C20H25FN2O4. The highest BCUT2D eigenvalue weighted by molar-refractivity contribution is 5.74. The van der Waals surface area contributed by atoms with Gasteiger partial charge in [-0.3, -0.25) is 0 Å². The van der Waals surface area contributed by atoms with Crippen molar-refractivity contribution in [1.82, 2.24) is 10.2 Å². The number of nitrogens with one attached hydrogen (secondary N) is 1. The molecule has 1 aliphatic heterocycles. The number of hydrogen-bond donors (Lipinski definition) is 3. The molecule has 3 rings (SSSR count). The van der Waals surface area contributed by atoms with Gasteiger partial charge in [0.1, 0.15) is 11.6 Å². The number of hydrogen-bond acceptors (Lipinski definition) is 4. The lowest BCUT2D eigenvalue weighted by Crippen LogP contribution is -2.51. The molecule has 0 unspecified atom stereocenters. The monoisotopic (exact) mass is 376 g/mol. The third-order valence-corrected chi connectivity index (χ3v) is 5.14. The Labute approximate surface area is 157 Å². The Balaban J connectivity index is 1.55. The van der Waals surface area contributed by atoms with E-state index in [1.54, 1.807) is 29.4 Å². The molecule has 0 spiro atoms. The van der Waals surface area contributed by atoms with Crippen molar-refractivity contribution in [1.29, 1.82) is 0 Å². The summed E-state index contributed by atoms with van der Waals surface area (Å²) in [7, 11) is 0. The number of likely N-dealkylation sites (tertiary alicyclic amines) is 1. The fourth-order valence-corrected chi connectivity index (χ4v) is 3.38. The molecular weight excluding hydrogens is 351 g/mol. The average Bonchev–Trinajstić information content (AvgIpc) is 3.21. The molecule has 1 aromatic heterocycles. The summed E-state index contributed by atoms with van der Waals surface area (Å²) < 4.78 is 18.7. The summed E-state index contributed by atoms with van der Waals surface area (Å²) in [6.45, 7) is 0.957. The zero-order chi connectivity index (χ0) is 19.3. The number of urea groups is 1. The van der Waals surface area contributed by atoms with Crippen LogP contribution in [0.3, 0.4) is 0 Å². The van der Waals surface area contributed by atoms with E-state index in [4.69, 9.17) is 4.42 Å². The van der Waals surface area contributed by atoms with E-state index in [1.807, 2.05) is 6.07 Å². The van der Waals surface area contributed by atoms with Crippen LogP contribution >= 0.6 is 0 Å². The Bertz CT molecular complexity index is 725. The average molecular weight is 376 g/mol. The number of furan rings is 1. The molecule has 1 fully saturated rings. The van der Waals surface area contributed by atoms with Gasteiger partial charge in [-0.1, -0.05) is 12.1 Å². The third kappa shape index (κ3) is 4.87. The van der Waals surface area contributed by atoms with Crippen LogP contribution in [0.5, 0.6) is 0 Å². The van der Waals surface area contributed by atoms with Gasteiger partial charge >= 0.3 is 6.03 Å². The molecule has 2 aromatic rings. The smallest absolute Gasteiger partial charge is 0.317 e. The van der Waals surface area contributed by atoms with Gasteiger partial charge in [-0.25, -0.2) is 9.18 Å². The predicted octanol–water partition coefficient (Wildman–Crippen LogP) is 2.47. The Kier molecular flexibility index (Phi) is 6.13. The molecule has 1 saturated heterocycles. The number of piperidine rings is 1. The Morgan fingerprint density at radius 2 is 1.96 bits per heavy atom. The molecule has 0 radical (unpaired) electrons. The summed E-state index contributed by atoms with van der Waals surface area (Å²) >= 11 is 0. The van der Waals surface area contributed by atoms with Crippen molar-refractivity contribution in [2.24, 2.45) is 0 Å². The van der Waals surface area contributed by atoms with Crippen LogP contribution in [-0.2, 0) is 0 Å². The number of halogens is 1. The second kappa shape index (κ2) is 8.54. The number of carbonyl (C=O) groups excluding carboxylic acids is 1. The lowest BCUT2D eigenvalue weighted by molar-refractivity contribution is -0.0526. The van der Waals surface area contributed by atoms with E-state index in [9.17, 15) is 19.4 Å². The maximum atomic E-state index is 13.2. The van der Waals surface area contributed by atoms with Crippen LogP contribution in [-0.4, -0.2) is 53.0 Å². The van der Waals surface area contributed by atoms with Crippen molar-refractivity contribution in [3.63, 3.8) is 0 Å². The maximum absolute atomic E-state index is 13.2. The first-order chi connectivity index (χ1) is 13.0. The number of aliphatic hydroxyl groups excluding tert-OH is 1. The number of carbonyl (C=O) groups is 1. The highest BCUT2D eigenvalue weighted by Crippen LogP contribution is 2.28. The summed E-state index contributed by atoms with van der Waals surface area (Å²) in [6, 6.07) is 9.78. The molecule has 27 heavy (non-hydrogen) atoms. The largest absolute Gasteiger partial charge is 0.469 e. The lowest BCUT2D eigenvalue weighted by Gasteiger charge is -2.36. The molecule has 7 heteroatoms. The van der Waals surface area contributed by atoms with Crippen LogP contribution in [0.4, 0.5) is 9.18 Å². The van der Waals surface area contributed by atoms with Gasteiger partial charge < -0.3 is 24.8 Å². The number of rotatable bonds is 6. The molecule has 2 amide bonds. The SMILES string of the molecule is O=C(NCC[C@H](c1ccc(F)cc1)c1ccco1)N1CCC(O)(CO)CC1. The van der Waals surface area contributed by atoms with Crippen molar-refractivity contribution in [3.05, 3.63) is 59.8 Å². The first kappa shape index (κ1) is 19.4. The molecule has 0 aliphatic carbocycles. The van der Waals surface area contributed by atoms with Crippen molar-refractivity contribution >= 4 is 6.03 Å². The van der Waals surface area contributed by atoms with Gasteiger partial charge in [0.05, 0.1) is 18.5 Å². The van der Waals surface area contributed by atoms with Gasteiger partial charge in [-0.2, -0.15) is 0 Å². The quantitative estimate of drug-likeness (QED) is 0.723. The van der Waals surface area contributed by atoms with Crippen LogP contribution in [0.2, 0.25) is 0 Å². The summed E-state index contributed by atoms with van der Waals surface area (Å²) in [4.78, 5) is 14.0. The zero-order valence-corrected chi connectivity index (χ0v) is 15.1. The van der Waals surface area contributed by atoms with Crippen molar-refractivity contribution in [2.75, 3.05) is 26.2 Å². The van der Waals surface area contributed by atoms with E-state index in [-0.39, 0.29) is 24.4 Å². The van der Waals surface area contributed by atoms with Crippen molar-refractivity contribution in [3.8, 4) is 0 Å². The van der Waals surface area contributed by atoms with Crippen LogP contribution in [0.25, 0.3) is 0 Å². The molecule has 3 N–H and O–H groups in total. The van der Waals surface area contributed by atoms with Gasteiger partial charge in [-0.05, 0) is 49.1 Å². The van der Waals surface area contributed by atoms with E-state index < -0.39 is 5.60 Å². The van der Waals surface area contributed by atoms with Crippen LogP contribution in [0.1, 0.15) is 36.5 Å². The highest BCUT2D eigenvalue weighted by Gasteiger charge is 2.33. The highest BCUT2D eigenvalue weighted by atomic mass is 19.1. The van der Waals surface area contributed by atoms with Crippen LogP contribution in [0, 0.1) is 5.82 Å². The first-order valence-corrected chi connectivity index (χ1v) is 9.16. The maximum Gasteiger partial charge on any atom is 0.317 e. The molecule has 2 heterocycles. The number of benzene rings is 1. The third-order valence-electron chi connectivity index (χ3n) is 5.14. The molecule has 6 nitrogen and oxygen atoms in total. The Morgan fingerprint density at radius 1 is 1.26 bits per heavy atom. The summed E-state index contributed by atoms with van der Waals surface area (Å²) in [5.74, 6) is 0.391. The summed E-state index contributed by atoms with van der Waals surface area (Å²) in [6.07, 6.45) is 2.93. The van der Waals surface area contributed by atoms with Gasteiger partial charge in [0.15, 0.2) is 0 Å². The topological polar surface area (TPSA) is 85.9 Å². The standard InChI is InChI=1S/C20H25FN2O4/c21-16-5-3-15(4-6-16)17(18-2-1-13-27-18)7-10-22-19(25)23-11-8-20(26,14-24)9-12-23/h1-6,13,17,24,26H,7-12,14H2,(H,22,25)/t17-/m1/s1. The van der Waals surface area contributed by atoms with Gasteiger partial charge in [0.25, 0.3) is 0 Å². The van der Waals surface area contributed by atoms with E-state index in [2.05, 4.69) is 5.32 Å². The minimum Gasteiger partial charge on any atom is -0.469 e. The molecule has 0 bridgehead atoms. The van der Waals surface area contributed by atoms with Gasteiger partial charge in [0, 0.05) is 25.6 Å². The molecule has 1 atom stereocenters. The minimum atomic E-state index is -1.08. The predicted molar refractivity (Wildman–Crippen MR) is 97.8 cm³/mol. The van der Waals surface area contributed by atoms with Crippen molar-refractivity contribution < 1.29 is 23.8 Å². The molecule has 1 aromatic carbocycles. The van der Waals surface area contributed by atoms with E-state index >= 15 is 0 Å². The normalized spacial score (nSPS) is 17.5. The second-order valence-corrected chi connectivity index (χ2v) is 7.01. The zero-order valence-electron chi connectivity index (χ0n) is 15.1. The van der Waals surface area contributed by atoms with Crippen LogP contribution in [0.15, 0.2) is 47.1 Å². The molecule has 1 aliphatic rings. The second-order valence-electron chi connectivity index (χ2n) is 7.01. The minimum absolute atomic E-state index is 0.0817. The Hall–Kier alpha value is -2.38. The fourth-order valence-electron chi connectivity index (χ4n) is 3.38. The number of nitrogens with zero attached hydrogens (tertiary/aromatic N) is 1. The molecule has 146 valence electrons. The fraction of sp³-hybridized carbons (Fsp3) is 0.450. The van der Waals surface area contributed by atoms with E-state index in [0.717, 1.165) is 11.3 Å². The lowest BCUT2D eigenvalue weighted by atomic mass is 9.92. The summed E-state index contributed by atoms with van der Waals surface area (Å²) in [5.41, 5.74) is -0.157. The number of aliphatic hydroxyl groups is 2. The molecule has 0 saturated carbocycles. The van der Waals surface area contributed by atoms with Gasteiger partial charge in [-0.15, -0.1) is 0 Å². The summed E-state index contributed by atoms with van der Waals surface area (Å²) in [5, 5.41) is 22.1. The van der Waals surface area contributed by atoms with Crippen LogP contribution < -0.4 is 5.32 Å². The first-order valence-electron chi connectivity index (χ1n) is 9.16. The number of amides is 2. The Morgan fingerprint density at radius 3 is 2.56 bits per heavy atom.